The number of alkyl halides is 6. The van der Waals surface area contributed by atoms with Gasteiger partial charge >= 0.3 is 35.8 Å². The second-order valence-electron chi connectivity index (χ2n) is 27.4. The highest BCUT2D eigenvalue weighted by Crippen LogP contribution is 2.45. The lowest BCUT2D eigenvalue weighted by Crippen LogP contribution is -2.43. The monoisotopic (exact) mass is 1770 g/mol. The molecular formula is C74H76BrCl4F7N12O12S3. The van der Waals surface area contributed by atoms with Crippen molar-refractivity contribution in [3.63, 3.8) is 0 Å². The standard InChI is InChI=1S/C25H26BrF3N4O4S.C25H26Cl2F2N4O4S.C24H24Cl2F2N4O4S/c1-3-37-24(36)19-18(11-33-12-25(28,29)10-15(33)8-13(2)23(34)35)31-21(22-30-6-7-38-22)32-20(19)16-5-4-14(27)9-17(16)26;1-3-37-24(36)20-17(11-33-12-25(28,29)10-18(33)13(2)8-19(34)35)31-22(23-30-6-7-38-23)32-21(20)15-5-4-14(26)9-16(15)27;1-12(7-18(33)34)17-9-24(27,28)11-32(17)10-16-19(23(35)36-2)20(14-4-3-13(25)8-15(14)26)31-21(30-16)22-29-5-6-37-22/h4-7,9,13,15,20H,3,8,10-12H2,1-2H3,(H,31,32)(H,34,35);4-7,9,13,18,21H,3,8,10-12H2,1-2H3,(H,31,32)(H,34,35);3-6,8,12,17,20H,7,9-11H2,1-2H3,(H,30,31)(H,33,34)/t13?,15-,20+;13?,18-,21-;12?,17-,20-/m100/s1. The number of carboxylic acid groups (broad SMARTS) is 3. The number of aliphatic carboxylic acids is 3. The fourth-order valence-electron chi connectivity index (χ4n) is 14.2. The molecule has 606 valence electrons. The first-order valence-corrected chi connectivity index (χ1v) is 40.1. The Labute approximate surface area is 684 Å². The number of nitrogens with zero attached hydrogens (tertiary/aromatic N) is 9. The number of carbonyl (C=O) groups excluding carboxylic acids is 3. The van der Waals surface area contributed by atoms with Crippen LogP contribution in [0.2, 0.25) is 20.1 Å². The van der Waals surface area contributed by atoms with E-state index in [1.165, 1.54) is 93.1 Å². The fourth-order valence-corrected chi connectivity index (χ4v) is 17.6. The van der Waals surface area contributed by atoms with E-state index in [1.54, 1.807) is 86.7 Å². The number of likely N-dealkylation sites (tertiary alicyclic amines) is 3. The molecule has 24 nitrogen and oxygen atoms in total. The number of aliphatic imine (C=N–C) groups is 3. The number of esters is 3. The van der Waals surface area contributed by atoms with Gasteiger partial charge in [-0.15, -0.1) is 34.0 Å². The van der Waals surface area contributed by atoms with Gasteiger partial charge in [-0.3, -0.25) is 44.1 Å². The molecule has 3 aromatic heterocycles. The third kappa shape index (κ3) is 22.0. The highest BCUT2D eigenvalue weighted by Gasteiger charge is 2.51. The Hall–Kier alpha value is -7.97. The van der Waals surface area contributed by atoms with Gasteiger partial charge in [0.2, 0.25) is 0 Å². The zero-order valence-corrected chi connectivity index (χ0v) is 68.1. The number of hydrogen-bond acceptors (Lipinski definition) is 24. The second kappa shape index (κ2) is 37.8. The van der Waals surface area contributed by atoms with E-state index in [9.17, 15) is 74.8 Å². The zero-order valence-electron chi connectivity index (χ0n) is 61.1. The van der Waals surface area contributed by atoms with Gasteiger partial charge in [0, 0.05) is 157 Å². The van der Waals surface area contributed by atoms with Crippen molar-refractivity contribution in [2.24, 2.45) is 32.7 Å². The van der Waals surface area contributed by atoms with E-state index in [-0.39, 0.29) is 84.6 Å². The molecule has 3 saturated heterocycles. The van der Waals surface area contributed by atoms with Gasteiger partial charge in [-0.1, -0.05) is 101 Å². The van der Waals surface area contributed by atoms with Crippen LogP contribution in [0.3, 0.4) is 0 Å². The SMILES string of the molecule is CCOC(=O)C1=C(CN2CC(F)(F)C[C@H]2C(C)CC(=O)O)NC(c2nccs2)=N[C@H]1c1ccc(Cl)cc1Cl.CCOC(=O)C1=C(CN2CC(F)(F)C[C@H]2CC(C)C(=O)O)NC(c2nccs2)=N[C@H]1c1ccc(F)cc1Br.COC(=O)C1=C(CN2CC(F)(F)C[C@H]2C(C)CC(=O)O)NC(c2nccs2)=N[C@H]1c1ccc(Cl)cc1Cl. The summed E-state index contributed by atoms with van der Waals surface area (Å²) in [5, 5.41) is 45.4. The normalized spacial score (nSPS) is 22.2. The van der Waals surface area contributed by atoms with Crippen LogP contribution in [0.4, 0.5) is 30.7 Å². The van der Waals surface area contributed by atoms with Crippen molar-refractivity contribution in [3.8, 4) is 0 Å². The molecule has 9 atom stereocenters. The minimum atomic E-state index is -3.02. The molecule has 39 heteroatoms. The molecule has 12 rings (SSSR count). The van der Waals surface area contributed by atoms with Crippen LogP contribution in [0.1, 0.15) is 123 Å². The van der Waals surface area contributed by atoms with Crippen LogP contribution in [0.15, 0.2) is 143 Å². The summed E-state index contributed by atoms with van der Waals surface area (Å²) in [6.07, 6.45) is 2.82. The minimum Gasteiger partial charge on any atom is -0.481 e. The van der Waals surface area contributed by atoms with Crippen LogP contribution in [-0.4, -0.2) is 194 Å². The quantitative estimate of drug-likeness (QED) is 0.0167. The Morgan fingerprint density at radius 3 is 1.28 bits per heavy atom. The van der Waals surface area contributed by atoms with Gasteiger partial charge in [0.1, 0.15) is 23.9 Å². The van der Waals surface area contributed by atoms with Gasteiger partial charge in [0.15, 0.2) is 32.5 Å². The van der Waals surface area contributed by atoms with Crippen molar-refractivity contribution in [2.75, 3.05) is 59.6 Å². The van der Waals surface area contributed by atoms with Gasteiger partial charge in [-0.2, -0.15) is 0 Å². The molecule has 9 heterocycles. The van der Waals surface area contributed by atoms with E-state index in [0.29, 0.717) is 75.1 Å². The number of methoxy groups -OCH3 is 1. The van der Waals surface area contributed by atoms with E-state index >= 15 is 0 Å². The molecule has 113 heavy (non-hydrogen) atoms. The fraction of sp³-hybridized carbons (Fsp3) is 0.432. The number of carboxylic acids is 3. The zero-order chi connectivity index (χ0) is 82.1. The average molecular weight is 1780 g/mol. The number of amidine groups is 3. The lowest BCUT2D eigenvalue weighted by atomic mass is 9.93. The maximum atomic E-state index is 14.6. The van der Waals surface area contributed by atoms with Gasteiger partial charge in [0.05, 0.1) is 62.6 Å². The number of nitrogens with one attached hydrogen (secondary N) is 3. The summed E-state index contributed by atoms with van der Waals surface area (Å²) >= 11 is 32.5. The number of hydrogen-bond donors (Lipinski definition) is 6. The van der Waals surface area contributed by atoms with Crippen LogP contribution in [0, 0.1) is 23.6 Å². The molecule has 0 radical (unpaired) electrons. The van der Waals surface area contributed by atoms with E-state index in [0.717, 1.165) is 0 Å². The highest BCUT2D eigenvalue weighted by molar-refractivity contribution is 9.10. The smallest absolute Gasteiger partial charge is 0.338 e. The van der Waals surface area contributed by atoms with Gasteiger partial charge < -0.3 is 45.5 Å². The third-order valence-electron chi connectivity index (χ3n) is 19.2. The van der Waals surface area contributed by atoms with Crippen molar-refractivity contribution in [3.05, 3.63) is 185 Å². The van der Waals surface area contributed by atoms with Crippen LogP contribution < -0.4 is 16.0 Å². The number of thiazole rings is 3. The number of halogens is 12. The molecule has 3 fully saturated rings. The van der Waals surface area contributed by atoms with E-state index < -0.39 is 152 Å². The molecule has 3 aromatic carbocycles. The molecule has 0 aliphatic carbocycles. The third-order valence-corrected chi connectivity index (χ3v) is 23.3. The summed E-state index contributed by atoms with van der Waals surface area (Å²) in [6, 6.07) is 8.62. The Balaban J connectivity index is 0.000000180. The van der Waals surface area contributed by atoms with Crippen LogP contribution in [0.25, 0.3) is 0 Å². The summed E-state index contributed by atoms with van der Waals surface area (Å²) < 4.78 is 118. The topological polar surface area (TPSA) is 312 Å². The van der Waals surface area contributed by atoms with Crippen LogP contribution in [-0.2, 0) is 43.0 Å². The summed E-state index contributed by atoms with van der Waals surface area (Å²) in [5.74, 6) is -15.7. The minimum absolute atomic E-state index is 0.0211. The molecule has 0 saturated carbocycles. The number of carbonyl (C=O) groups is 6. The maximum Gasteiger partial charge on any atom is 0.338 e. The van der Waals surface area contributed by atoms with Crippen molar-refractivity contribution < 1.29 is 89.0 Å². The first kappa shape index (κ1) is 87.4. The van der Waals surface area contributed by atoms with Crippen molar-refractivity contribution >= 4 is 150 Å². The number of rotatable bonds is 26. The first-order valence-electron chi connectivity index (χ1n) is 35.2. The Morgan fingerprint density at radius 2 is 0.929 bits per heavy atom. The van der Waals surface area contributed by atoms with Crippen molar-refractivity contribution in [2.45, 2.75) is 127 Å². The molecule has 6 aromatic rings. The Morgan fingerprint density at radius 1 is 0.558 bits per heavy atom. The molecular weight excluding hydrogens is 1700 g/mol. The van der Waals surface area contributed by atoms with Gasteiger partial charge in [-0.05, 0) is 74.1 Å². The predicted molar refractivity (Wildman–Crippen MR) is 416 cm³/mol. The molecule has 0 bridgehead atoms. The molecule has 6 aliphatic heterocycles. The van der Waals surface area contributed by atoms with E-state index in [1.807, 2.05) is 0 Å². The summed E-state index contributed by atoms with van der Waals surface area (Å²) in [5.41, 5.74) is 2.65. The molecule has 0 spiro atoms. The maximum absolute atomic E-state index is 14.6. The van der Waals surface area contributed by atoms with Crippen molar-refractivity contribution in [1.29, 1.82) is 0 Å². The van der Waals surface area contributed by atoms with Gasteiger partial charge in [0.25, 0.3) is 17.8 Å². The molecule has 3 unspecified atom stereocenters. The number of benzene rings is 3. The number of ether oxygens (including phenoxy) is 3. The second-order valence-corrected chi connectivity index (χ2v) is 32.7. The largest absolute Gasteiger partial charge is 0.481 e. The molecule has 0 amide bonds. The van der Waals surface area contributed by atoms with Gasteiger partial charge in [-0.25, -0.2) is 60.1 Å². The van der Waals surface area contributed by atoms with Crippen LogP contribution in [0.5, 0.6) is 0 Å². The average Bonchev–Trinajstić information content (AvgIpc) is 1.75. The lowest BCUT2D eigenvalue weighted by Gasteiger charge is -2.33. The summed E-state index contributed by atoms with van der Waals surface area (Å²) in [7, 11) is 1.22. The van der Waals surface area contributed by atoms with E-state index in [2.05, 4.69) is 46.8 Å². The number of aromatic nitrogens is 3. The Bertz CT molecular complexity index is 4720. The van der Waals surface area contributed by atoms with Crippen LogP contribution >= 0.6 is 96.3 Å². The highest BCUT2D eigenvalue weighted by atomic mass is 79.9. The summed E-state index contributed by atoms with van der Waals surface area (Å²) in [6.45, 7) is 6.14. The first-order chi connectivity index (χ1) is 53.5. The molecule has 6 N–H and O–H groups in total. The molecule has 6 aliphatic rings. The Kier molecular flexibility index (Phi) is 29.2. The lowest BCUT2D eigenvalue weighted by molar-refractivity contribution is -0.142. The predicted octanol–water partition coefficient (Wildman–Crippen LogP) is 14.7. The van der Waals surface area contributed by atoms with E-state index in [4.69, 9.17) is 75.6 Å². The van der Waals surface area contributed by atoms with Crippen molar-refractivity contribution in [1.82, 2.24) is 45.6 Å². The summed E-state index contributed by atoms with van der Waals surface area (Å²) in [4.78, 5) is 105.